The first-order chi connectivity index (χ1) is 9.79. The van der Waals surface area contributed by atoms with Gasteiger partial charge in [0.25, 0.3) is 0 Å². The van der Waals surface area contributed by atoms with E-state index >= 15 is 0 Å². The molecule has 1 fully saturated rings. The SMILES string of the molecule is O[C@H]1CCCN(Cc2csc(Cc3ccccc3)n2)C1. The molecule has 0 aliphatic carbocycles. The molecule has 0 amide bonds. The second-order valence-electron chi connectivity index (χ2n) is 5.43. The van der Waals surface area contributed by atoms with Crippen LogP contribution in [0.1, 0.15) is 29.1 Å². The number of likely N-dealkylation sites (tertiary alicyclic amines) is 1. The van der Waals surface area contributed by atoms with E-state index in [1.54, 1.807) is 11.3 Å². The third-order valence-corrected chi connectivity index (χ3v) is 4.56. The molecular weight excluding hydrogens is 268 g/mol. The molecule has 1 atom stereocenters. The van der Waals surface area contributed by atoms with Crippen LogP contribution in [0.2, 0.25) is 0 Å². The number of nitrogens with zero attached hydrogens (tertiary/aromatic N) is 2. The Kier molecular flexibility index (Phi) is 4.45. The zero-order chi connectivity index (χ0) is 13.8. The highest BCUT2D eigenvalue weighted by molar-refractivity contribution is 7.09. The Morgan fingerprint density at radius 3 is 2.95 bits per heavy atom. The highest BCUT2D eigenvalue weighted by Gasteiger charge is 2.18. The van der Waals surface area contributed by atoms with E-state index in [0.29, 0.717) is 0 Å². The Labute approximate surface area is 123 Å². The predicted molar refractivity (Wildman–Crippen MR) is 81.9 cm³/mol. The molecule has 4 heteroatoms. The van der Waals surface area contributed by atoms with Crippen LogP contribution in [0, 0.1) is 0 Å². The van der Waals surface area contributed by atoms with Crippen LogP contribution < -0.4 is 0 Å². The molecular formula is C16H20N2OS. The largest absolute Gasteiger partial charge is 0.392 e. The van der Waals surface area contributed by atoms with Gasteiger partial charge in [0, 0.05) is 24.9 Å². The van der Waals surface area contributed by atoms with E-state index in [2.05, 4.69) is 34.5 Å². The minimum Gasteiger partial charge on any atom is -0.392 e. The Hall–Kier alpha value is -1.23. The lowest BCUT2D eigenvalue weighted by Gasteiger charge is -2.29. The molecule has 1 N–H and O–H groups in total. The molecule has 0 saturated carbocycles. The lowest BCUT2D eigenvalue weighted by Crippen LogP contribution is -2.37. The smallest absolute Gasteiger partial charge is 0.0972 e. The lowest BCUT2D eigenvalue weighted by molar-refractivity contribution is 0.0663. The Morgan fingerprint density at radius 1 is 1.30 bits per heavy atom. The fourth-order valence-electron chi connectivity index (χ4n) is 2.68. The van der Waals surface area contributed by atoms with Crippen LogP contribution in [0.4, 0.5) is 0 Å². The van der Waals surface area contributed by atoms with Crippen LogP contribution in [0.3, 0.4) is 0 Å². The van der Waals surface area contributed by atoms with Crippen LogP contribution in [0.5, 0.6) is 0 Å². The predicted octanol–water partition coefficient (Wildman–Crippen LogP) is 2.69. The Balaban J connectivity index is 1.59. The van der Waals surface area contributed by atoms with Gasteiger partial charge in [-0.15, -0.1) is 11.3 Å². The fourth-order valence-corrected chi connectivity index (χ4v) is 3.50. The van der Waals surface area contributed by atoms with E-state index < -0.39 is 0 Å². The summed E-state index contributed by atoms with van der Waals surface area (Å²) >= 11 is 1.73. The standard InChI is InChI=1S/C16H20N2OS/c19-15-7-4-8-18(11-15)10-14-12-20-16(17-14)9-13-5-2-1-3-6-13/h1-3,5-6,12,15,19H,4,7-11H2/t15-/m0/s1. The molecule has 0 spiro atoms. The first-order valence-corrected chi connectivity index (χ1v) is 8.05. The van der Waals surface area contributed by atoms with Crippen molar-refractivity contribution < 1.29 is 5.11 Å². The topological polar surface area (TPSA) is 36.4 Å². The molecule has 3 rings (SSSR count). The van der Waals surface area contributed by atoms with Gasteiger partial charge < -0.3 is 5.11 Å². The van der Waals surface area contributed by atoms with Gasteiger partial charge >= 0.3 is 0 Å². The number of rotatable bonds is 4. The van der Waals surface area contributed by atoms with Crippen molar-refractivity contribution in [3.05, 3.63) is 52.0 Å². The van der Waals surface area contributed by atoms with Crippen molar-refractivity contribution in [1.29, 1.82) is 0 Å². The molecule has 0 radical (unpaired) electrons. The third kappa shape index (κ3) is 3.66. The second kappa shape index (κ2) is 6.48. The van der Waals surface area contributed by atoms with Crippen LogP contribution in [-0.2, 0) is 13.0 Å². The number of aliphatic hydroxyl groups excluding tert-OH is 1. The number of aromatic nitrogens is 1. The minimum atomic E-state index is -0.161. The highest BCUT2D eigenvalue weighted by Crippen LogP contribution is 2.18. The quantitative estimate of drug-likeness (QED) is 0.939. The van der Waals surface area contributed by atoms with Gasteiger partial charge in [0.05, 0.1) is 16.8 Å². The molecule has 106 valence electrons. The normalized spacial score (nSPS) is 20.1. The van der Waals surface area contributed by atoms with Gasteiger partial charge in [-0.2, -0.15) is 0 Å². The Morgan fingerprint density at radius 2 is 2.15 bits per heavy atom. The van der Waals surface area contributed by atoms with Crippen molar-refractivity contribution in [3.63, 3.8) is 0 Å². The maximum absolute atomic E-state index is 9.70. The molecule has 1 aromatic heterocycles. The van der Waals surface area contributed by atoms with E-state index in [-0.39, 0.29) is 6.10 Å². The van der Waals surface area contributed by atoms with E-state index in [0.717, 1.165) is 44.6 Å². The number of piperidine rings is 1. The zero-order valence-electron chi connectivity index (χ0n) is 11.5. The van der Waals surface area contributed by atoms with Crippen LogP contribution in [-0.4, -0.2) is 34.2 Å². The number of aliphatic hydroxyl groups is 1. The van der Waals surface area contributed by atoms with E-state index in [1.807, 2.05) is 6.07 Å². The maximum atomic E-state index is 9.70. The van der Waals surface area contributed by atoms with Crippen LogP contribution >= 0.6 is 11.3 Å². The summed E-state index contributed by atoms with van der Waals surface area (Å²) in [6.07, 6.45) is 2.77. The van der Waals surface area contributed by atoms with Gasteiger partial charge in [0.1, 0.15) is 0 Å². The van der Waals surface area contributed by atoms with Crippen molar-refractivity contribution in [1.82, 2.24) is 9.88 Å². The van der Waals surface area contributed by atoms with E-state index in [1.165, 1.54) is 10.6 Å². The monoisotopic (exact) mass is 288 g/mol. The number of hydrogen-bond acceptors (Lipinski definition) is 4. The molecule has 0 bridgehead atoms. The first-order valence-electron chi connectivity index (χ1n) is 7.17. The molecule has 3 nitrogen and oxygen atoms in total. The zero-order valence-corrected chi connectivity index (χ0v) is 12.4. The minimum absolute atomic E-state index is 0.161. The average Bonchev–Trinajstić information content (AvgIpc) is 2.87. The molecule has 2 heterocycles. The van der Waals surface area contributed by atoms with Crippen molar-refractivity contribution in [2.24, 2.45) is 0 Å². The molecule has 1 aliphatic rings. The average molecular weight is 288 g/mol. The van der Waals surface area contributed by atoms with Gasteiger partial charge in [-0.05, 0) is 24.9 Å². The van der Waals surface area contributed by atoms with Crippen LogP contribution in [0.15, 0.2) is 35.7 Å². The maximum Gasteiger partial charge on any atom is 0.0972 e. The van der Waals surface area contributed by atoms with Gasteiger partial charge in [-0.1, -0.05) is 30.3 Å². The molecule has 1 aromatic carbocycles. The fraction of sp³-hybridized carbons (Fsp3) is 0.438. The van der Waals surface area contributed by atoms with Gasteiger partial charge in [-0.25, -0.2) is 4.98 Å². The van der Waals surface area contributed by atoms with Crippen molar-refractivity contribution >= 4 is 11.3 Å². The summed E-state index contributed by atoms with van der Waals surface area (Å²) in [7, 11) is 0. The van der Waals surface area contributed by atoms with Crippen LogP contribution in [0.25, 0.3) is 0 Å². The molecule has 1 saturated heterocycles. The first kappa shape index (κ1) is 13.7. The van der Waals surface area contributed by atoms with E-state index in [4.69, 9.17) is 4.98 Å². The summed E-state index contributed by atoms with van der Waals surface area (Å²) < 4.78 is 0. The number of thiazole rings is 1. The summed E-state index contributed by atoms with van der Waals surface area (Å²) in [4.78, 5) is 7.02. The summed E-state index contributed by atoms with van der Waals surface area (Å²) in [6, 6.07) is 10.5. The summed E-state index contributed by atoms with van der Waals surface area (Å²) in [5.74, 6) is 0. The van der Waals surface area contributed by atoms with Crippen molar-refractivity contribution in [2.45, 2.75) is 31.9 Å². The van der Waals surface area contributed by atoms with Gasteiger partial charge in [-0.3, -0.25) is 4.90 Å². The highest BCUT2D eigenvalue weighted by atomic mass is 32.1. The molecule has 20 heavy (non-hydrogen) atoms. The summed E-state index contributed by atoms with van der Waals surface area (Å²) in [5.41, 5.74) is 2.44. The Bertz CT molecular complexity index is 540. The van der Waals surface area contributed by atoms with Gasteiger partial charge in [0.2, 0.25) is 0 Å². The summed E-state index contributed by atoms with van der Waals surface area (Å²) in [5, 5.41) is 13.0. The summed E-state index contributed by atoms with van der Waals surface area (Å²) in [6.45, 7) is 2.72. The number of benzene rings is 1. The second-order valence-corrected chi connectivity index (χ2v) is 6.37. The molecule has 0 unspecified atom stereocenters. The van der Waals surface area contributed by atoms with Crippen molar-refractivity contribution in [2.75, 3.05) is 13.1 Å². The lowest BCUT2D eigenvalue weighted by atomic mass is 10.1. The molecule has 1 aliphatic heterocycles. The number of hydrogen-bond donors (Lipinski definition) is 1. The van der Waals surface area contributed by atoms with Crippen molar-refractivity contribution in [3.8, 4) is 0 Å². The van der Waals surface area contributed by atoms with Gasteiger partial charge in [0.15, 0.2) is 0 Å². The van der Waals surface area contributed by atoms with E-state index in [9.17, 15) is 5.11 Å². The third-order valence-electron chi connectivity index (χ3n) is 3.66. The number of β-amino-alcohol motifs (C(OH)–C–C–N with tert-alkyl or cyclic N) is 1. The molecule has 2 aromatic rings.